The number of alkyl halides is 3. The van der Waals surface area contributed by atoms with E-state index in [-0.39, 0.29) is 17.7 Å². The van der Waals surface area contributed by atoms with Crippen LogP contribution in [0.1, 0.15) is 5.82 Å². The third kappa shape index (κ3) is 2.90. The highest BCUT2D eigenvalue weighted by molar-refractivity contribution is 6.68. The molecule has 0 bridgehead atoms. The Hall–Kier alpha value is -0.680. The molecule has 0 spiro atoms. The summed E-state index contributed by atoms with van der Waals surface area (Å²) >= 11 is 17.6. The number of halogens is 3. The van der Waals surface area contributed by atoms with Gasteiger partial charge in [0.25, 0.3) is 0 Å². The zero-order valence-corrected chi connectivity index (χ0v) is 13.5. The van der Waals surface area contributed by atoms with Crippen molar-refractivity contribution >= 4 is 46.7 Å². The Labute approximate surface area is 140 Å². The van der Waals surface area contributed by atoms with Crippen LogP contribution in [0.2, 0.25) is 0 Å². The topological polar surface area (TPSA) is 172 Å². The average Bonchev–Trinajstić information content (AvgIpc) is 2.42. The van der Waals surface area contributed by atoms with Gasteiger partial charge in [0, 0.05) is 0 Å². The Kier molecular flexibility index (Phi) is 6.01. The molecule has 0 saturated carbocycles. The summed E-state index contributed by atoms with van der Waals surface area (Å²) in [4.78, 5) is 11.1. The maximum Gasteiger partial charge on any atom is 0.225 e. The van der Waals surface area contributed by atoms with Gasteiger partial charge in [0.2, 0.25) is 15.7 Å². The van der Waals surface area contributed by atoms with Crippen LogP contribution in [0.3, 0.4) is 0 Å². The van der Waals surface area contributed by atoms with Crippen LogP contribution in [0.25, 0.3) is 0 Å². The summed E-state index contributed by atoms with van der Waals surface area (Å²) < 4.78 is -2.29. The van der Waals surface area contributed by atoms with Gasteiger partial charge in [-0.3, -0.25) is 0 Å². The second-order valence-corrected chi connectivity index (χ2v) is 6.95. The van der Waals surface area contributed by atoms with Crippen LogP contribution in [-0.2, 0) is 5.41 Å². The molecule has 8 N–H and O–H groups in total. The number of hydrogen-bond acceptors (Lipinski definition) is 9. The second kappa shape index (κ2) is 6.83. The molecule has 126 valence electrons. The predicted octanol–water partition coefficient (Wildman–Crippen LogP) is -1.40. The first-order chi connectivity index (χ1) is 10.1. The molecule has 0 aliphatic carbocycles. The van der Waals surface area contributed by atoms with Gasteiger partial charge < -0.3 is 31.9 Å². The molecule has 22 heavy (non-hydrogen) atoms. The van der Waals surface area contributed by atoms with E-state index in [4.69, 9.17) is 46.3 Å². The van der Waals surface area contributed by atoms with Gasteiger partial charge in [0.1, 0.15) is 5.82 Å². The van der Waals surface area contributed by atoms with Crippen LogP contribution in [0, 0.1) is 5.41 Å². The van der Waals surface area contributed by atoms with Crippen molar-refractivity contribution in [2.75, 3.05) is 37.9 Å². The molecule has 0 saturated heterocycles. The fourth-order valence-corrected chi connectivity index (χ4v) is 3.04. The van der Waals surface area contributed by atoms with Crippen molar-refractivity contribution in [3.05, 3.63) is 5.82 Å². The van der Waals surface area contributed by atoms with Crippen molar-refractivity contribution in [3.8, 4) is 0 Å². The molecule has 0 aromatic carbocycles. The van der Waals surface area contributed by atoms with E-state index >= 15 is 0 Å². The second-order valence-electron chi connectivity index (χ2n) is 4.67. The van der Waals surface area contributed by atoms with E-state index in [0.29, 0.717) is 0 Å². The van der Waals surface area contributed by atoms with Gasteiger partial charge in [0.15, 0.2) is 0 Å². The van der Waals surface area contributed by atoms with Crippen LogP contribution in [0.15, 0.2) is 0 Å². The Balaban J connectivity index is 3.73. The molecule has 9 nitrogen and oxygen atoms in total. The first-order valence-corrected chi connectivity index (χ1v) is 7.05. The van der Waals surface area contributed by atoms with Crippen molar-refractivity contribution < 1.29 is 20.4 Å². The molecule has 0 fully saturated rings. The number of hydrogen-bond donors (Lipinski definition) is 6. The molecule has 12 heteroatoms. The minimum absolute atomic E-state index is 0.303. The summed E-state index contributed by atoms with van der Waals surface area (Å²) in [5.41, 5.74) is 6.96. The number of nitrogen functional groups attached to an aromatic ring is 2. The third-order valence-electron chi connectivity index (χ3n) is 3.64. The van der Waals surface area contributed by atoms with E-state index in [0.717, 1.165) is 0 Å². The van der Waals surface area contributed by atoms with Crippen LogP contribution in [-0.4, -0.2) is 65.6 Å². The monoisotopic (exact) mass is 375 g/mol. The number of nitrogens with zero attached hydrogens (tertiary/aromatic N) is 3. The highest BCUT2D eigenvalue weighted by Gasteiger charge is 2.63. The average molecular weight is 377 g/mol. The quantitative estimate of drug-likeness (QED) is 0.326. The Bertz CT molecular complexity index is 500. The van der Waals surface area contributed by atoms with E-state index in [9.17, 15) is 20.4 Å². The third-order valence-corrected chi connectivity index (χ3v) is 4.72. The zero-order valence-electron chi connectivity index (χ0n) is 11.2. The Morgan fingerprint density at radius 2 is 1.18 bits per heavy atom. The van der Waals surface area contributed by atoms with E-state index < -0.39 is 41.1 Å². The zero-order chi connectivity index (χ0) is 17.2. The van der Waals surface area contributed by atoms with Gasteiger partial charge >= 0.3 is 0 Å². The van der Waals surface area contributed by atoms with Crippen LogP contribution in [0.5, 0.6) is 0 Å². The molecule has 0 radical (unpaired) electrons. The van der Waals surface area contributed by atoms with E-state index in [1.807, 2.05) is 0 Å². The van der Waals surface area contributed by atoms with Gasteiger partial charge in [0.05, 0.1) is 37.3 Å². The van der Waals surface area contributed by atoms with Crippen LogP contribution < -0.4 is 11.5 Å². The Morgan fingerprint density at radius 3 is 1.45 bits per heavy atom. The lowest BCUT2D eigenvalue weighted by Gasteiger charge is -2.49. The fourth-order valence-electron chi connectivity index (χ4n) is 2.13. The summed E-state index contributed by atoms with van der Waals surface area (Å²) in [7, 11) is 0. The number of nitrogens with two attached hydrogens (primary N) is 2. The van der Waals surface area contributed by atoms with E-state index in [1.165, 1.54) is 0 Å². The van der Waals surface area contributed by atoms with Crippen LogP contribution >= 0.6 is 34.8 Å². The molecule has 1 heterocycles. The minimum atomic E-state index is -2.29. The summed E-state index contributed by atoms with van der Waals surface area (Å²) in [6, 6.07) is 0. The number of aliphatic hydroxyl groups excluding tert-OH is 4. The predicted molar refractivity (Wildman–Crippen MR) is 81.4 cm³/mol. The van der Waals surface area contributed by atoms with Crippen molar-refractivity contribution in [3.63, 3.8) is 0 Å². The SMILES string of the molecule is Nc1nc(N)nc(C(CO)(CO)C(CO)(CO)C(Cl)(Cl)Cl)n1. The lowest BCUT2D eigenvalue weighted by Crippen LogP contribution is -2.62. The normalized spacial score (nSPS) is 13.4. The molecular weight excluding hydrogens is 360 g/mol. The van der Waals surface area contributed by atoms with Crippen molar-refractivity contribution in [2.45, 2.75) is 9.21 Å². The molecule has 0 atom stereocenters. The van der Waals surface area contributed by atoms with Gasteiger partial charge in [-0.05, 0) is 0 Å². The van der Waals surface area contributed by atoms with Gasteiger partial charge in [-0.1, -0.05) is 34.8 Å². The molecule has 1 aromatic heterocycles. The number of aromatic nitrogens is 3. The first-order valence-electron chi connectivity index (χ1n) is 5.92. The molecule has 0 aliphatic rings. The maximum atomic E-state index is 9.83. The van der Waals surface area contributed by atoms with E-state index in [1.54, 1.807) is 0 Å². The highest BCUT2D eigenvalue weighted by atomic mass is 35.6. The summed E-state index contributed by atoms with van der Waals surface area (Å²) in [5.74, 6) is -0.928. The lowest BCUT2D eigenvalue weighted by atomic mass is 9.64. The van der Waals surface area contributed by atoms with Gasteiger partial charge in [-0.15, -0.1) is 0 Å². The number of rotatable bonds is 6. The maximum absolute atomic E-state index is 9.83. The standard InChI is InChI=1S/C10H16Cl3N5O4/c11-10(12,13)9(3-21,4-22)8(1-19,2-20)5-16-6(14)18-7(15)17-5/h19-22H,1-4H2,(H4,14,15,16,17,18). The lowest BCUT2D eigenvalue weighted by molar-refractivity contribution is -0.0669. The molecule has 1 aromatic rings. The molecule has 0 unspecified atom stereocenters. The molecule has 1 rings (SSSR count). The summed E-state index contributed by atoms with van der Waals surface area (Å²) in [6.07, 6.45) is 0. The molecule has 0 amide bonds. The highest BCUT2D eigenvalue weighted by Crippen LogP contribution is 2.55. The smallest absolute Gasteiger partial charge is 0.225 e. The fraction of sp³-hybridized carbons (Fsp3) is 0.700. The van der Waals surface area contributed by atoms with Gasteiger partial charge in [-0.2, -0.15) is 15.0 Å². The van der Waals surface area contributed by atoms with Gasteiger partial charge in [-0.25, -0.2) is 0 Å². The van der Waals surface area contributed by atoms with Crippen molar-refractivity contribution in [1.82, 2.24) is 15.0 Å². The van der Waals surface area contributed by atoms with Crippen molar-refractivity contribution in [1.29, 1.82) is 0 Å². The van der Waals surface area contributed by atoms with Crippen LogP contribution in [0.4, 0.5) is 11.9 Å². The summed E-state index contributed by atoms with van der Waals surface area (Å²) in [6.45, 7) is -3.57. The molecule has 0 aliphatic heterocycles. The first kappa shape index (κ1) is 19.4. The molecular formula is C10H16Cl3N5O4. The number of anilines is 2. The summed E-state index contributed by atoms with van der Waals surface area (Å²) in [5, 5.41) is 39.1. The minimum Gasteiger partial charge on any atom is -0.396 e. The largest absolute Gasteiger partial charge is 0.396 e. The Morgan fingerprint density at radius 1 is 0.773 bits per heavy atom. The number of aliphatic hydroxyl groups is 4. The van der Waals surface area contributed by atoms with Crippen molar-refractivity contribution in [2.24, 2.45) is 5.41 Å². The van der Waals surface area contributed by atoms with E-state index in [2.05, 4.69) is 15.0 Å².